The van der Waals surface area contributed by atoms with Crippen molar-refractivity contribution in [3.05, 3.63) is 74.4 Å². The highest BCUT2D eigenvalue weighted by Crippen LogP contribution is 2.27. The van der Waals surface area contributed by atoms with E-state index in [0.717, 1.165) is 5.56 Å². The zero-order chi connectivity index (χ0) is 34.0. The van der Waals surface area contributed by atoms with E-state index in [4.69, 9.17) is 0 Å². The molecule has 0 fully saturated rings. The minimum atomic E-state index is -0.638. The normalized spacial score (nSPS) is 19.2. The van der Waals surface area contributed by atoms with Crippen molar-refractivity contribution < 1.29 is 19.2 Å². The van der Waals surface area contributed by atoms with Crippen molar-refractivity contribution in [1.82, 2.24) is 51.0 Å². The summed E-state index contributed by atoms with van der Waals surface area (Å²) < 4.78 is 1.39. The molecule has 254 valence electrons. The van der Waals surface area contributed by atoms with Crippen molar-refractivity contribution in [2.24, 2.45) is 5.92 Å². The minimum Gasteiger partial charge on any atom is -0.351 e. The smallest absolute Gasteiger partial charge is 0.271 e. The highest BCUT2D eigenvalue weighted by Gasteiger charge is 2.27. The summed E-state index contributed by atoms with van der Waals surface area (Å²) in [6, 6.07) is 8.24. The second kappa shape index (κ2) is 16.5. The number of amides is 4. The predicted octanol–water partition coefficient (Wildman–Crippen LogP) is 3.51. The van der Waals surface area contributed by atoms with Crippen molar-refractivity contribution in [3.63, 3.8) is 0 Å². The van der Waals surface area contributed by atoms with E-state index in [-0.39, 0.29) is 53.4 Å². The number of aromatic nitrogens is 6. The van der Waals surface area contributed by atoms with Gasteiger partial charge in [-0.05, 0) is 54.5 Å². The lowest BCUT2D eigenvalue weighted by Crippen LogP contribution is -2.39. The first-order valence-corrected chi connectivity index (χ1v) is 17.8. The molecule has 1 aromatic carbocycles. The van der Waals surface area contributed by atoms with Crippen molar-refractivity contribution in [1.29, 1.82) is 0 Å². The summed E-state index contributed by atoms with van der Waals surface area (Å²) in [6.07, 6.45) is 3.61. The van der Waals surface area contributed by atoms with E-state index < -0.39 is 12.1 Å². The fourth-order valence-corrected chi connectivity index (χ4v) is 7.11. The lowest BCUT2D eigenvalue weighted by Gasteiger charge is -2.26. The van der Waals surface area contributed by atoms with Crippen LogP contribution in [0.25, 0.3) is 0 Å². The summed E-state index contributed by atoms with van der Waals surface area (Å²) in [7, 11) is 0. The van der Waals surface area contributed by atoms with Gasteiger partial charge in [-0.1, -0.05) is 44.2 Å². The van der Waals surface area contributed by atoms with Gasteiger partial charge in [0.25, 0.3) is 11.8 Å². The molecule has 0 spiro atoms. The third-order valence-corrected chi connectivity index (χ3v) is 9.81. The fourth-order valence-electron chi connectivity index (χ4n) is 5.39. The Bertz CT molecular complexity index is 1670. The van der Waals surface area contributed by atoms with Crippen LogP contribution in [0.5, 0.6) is 0 Å². The quantitative estimate of drug-likeness (QED) is 0.273. The van der Waals surface area contributed by atoms with Gasteiger partial charge in [0.1, 0.15) is 33.8 Å². The van der Waals surface area contributed by atoms with Crippen LogP contribution < -0.4 is 16.0 Å². The second-order valence-electron chi connectivity index (χ2n) is 12.1. The van der Waals surface area contributed by atoms with Crippen LogP contribution in [0.3, 0.4) is 0 Å². The monoisotopic (exact) mass is 692 g/mol. The number of hydrogen-bond donors (Lipinski definition) is 3. The third kappa shape index (κ3) is 9.28. The summed E-state index contributed by atoms with van der Waals surface area (Å²) in [5.74, 6) is -0.794. The number of nitrogens with zero attached hydrogens (tertiary/aromatic N) is 7. The molecule has 4 amide bonds. The molecule has 3 N–H and O–H groups in total. The Morgan fingerprint density at radius 1 is 0.917 bits per heavy atom. The van der Waals surface area contributed by atoms with Gasteiger partial charge in [0.05, 0.1) is 12.1 Å². The number of benzene rings is 1. The van der Waals surface area contributed by atoms with E-state index in [2.05, 4.69) is 55.3 Å². The first-order chi connectivity index (χ1) is 23.2. The van der Waals surface area contributed by atoms with Gasteiger partial charge in [-0.25, -0.2) is 14.6 Å². The van der Waals surface area contributed by atoms with E-state index in [9.17, 15) is 19.2 Å². The molecule has 3 aromatic heterocycles. The number of fused-ring (bicyclic) bond motifs is 4. The van der Waals surface area contributed by atoms with Gasteiger partial charge in [0.15, 0.2) is 0 Å². The molecular weight excluding hydrogens is 653 g/mol. The van der Waals surface area contributed by atoms with Gasteiger partial charge >= 0.3 is 0 Å². The van der Waals surface area contributed by atoms with Crippen LogP contribution in [-0.2, 0) is 16.0 Å². The molecule has 5 rings (SSSR count). The van der Waals surface area contributed by atoms with Gasteiger partial charge in [0, 0.05) is 36.8 Å². The van der Waals surface area contributed by atoms with E-state index in [0.29, 0.717) is 55.3 Å². The number of carbonyl (C=O) groups excluding carboxylic acids is 4. The fraction of sp³-hybridized carbons (Fsp3) is 0.469. The summed E-state index contributed by atoms with van der Waals surface area (Å²) in [5, 5.41) is 24.9. The molecule has 4 aromatic rings. The summed E-state index contributed by atoms with van der Waals surface area (Å²) in [4.78, 5) is 64.2. The molecule has 4 bridgehead atoms. The zero-order valence-electron chi connectivity index (χ0n) is 27.2. The van der Waals surface area contributed by atoms with Gasteiger partial charge < -0.3 is 20.9 Å². The Kier molecular flexibility index (Phi) is 11.9. The summed E-state index contributed by atoms with van der Waals surface area (Å²) in [6.45, 7) is 6.86. The Hall–Kier alpha value is -4.57. The largest absolute Gasteiger partial charge is 0.351 e. The molecule has 48 heavy (non-hydrogen) atoms. The molecule has 4 heterocycles. The van der Waals surface area contributed by atoms with Crippen LogP contribution in [0.2, 0.25) is 0 Å². The number of nitrogens with one attached hydrogen (secondary N) is 3. The van der Waals surface area contributed by atoms with Crippen molar-refractivity contribution in [2.75, 3.05) is 19.6 Å². The van der Waals surface area contributed by atoms with E-state index in [1.807, 2.05) is 30.3 Å². The SMILES string of the molecule is CC(C)C[C@@H]1NC(=O)CCCN(C(=O)[C@H](C)n2cnnn2)CCCNC(=O)c2csc(n2)[C@H](Cc2ccccc2)NC(=O)c2csc1n2. The maximum Gasteiger partial charge on any atom is 0.271 e. The Labute approximate surface area is 286 Å². The first kappa shape index (κ1) is 34.8. The van der Waals surface area contributed by atoms with Crippen LogP contribution in [0.1, 0.15) is 101 Å². The number of hydrogen-bond acceptors (Lipinski definition) is 11. The van der Waals surface area contributed by atoms with E-state index in [1.165, 1.54) is 33.7 Å². The van der Waals surface area contributed by atoms with E-state index in [1.54, 1.807) is 22.6 Å². The molecule has 1 aliphatic heterocycles. The van der Waals surface area contributed by atoms with Gasteiger partial charge in [-0.3, -0.25) is 19.2 Å². The van der Waals surface area contributed by atoms with Crippen LogP contribution in [0.4, 0.5) is 0 Å². The highest BCUT2D eigenvalue weighted by atomic mass is 32.1. The standard InChI is InChI=1S/C32H40N10O4S2/c1-20(2)15-23-30-38-26(18-48-30)29(45)36-24(16-22-9-5-4-6-10-22)31-37-25(17-47-31)28(44)33-12-8-14-41(13-7-11-27(43)35-23)32(46)21(3)42-19-34-39-40-42/h4-6,9-10,17-21,23-24H,7-8,11-16H2,1-3H3,(H,33,44)(H,35,43)(H,36,45)/t21-,23-,24-/m0/s1. The lowest BCUT2D eigenvalue weighted by atomic mass is 10.0. The maximum atomic E-state index is 13.5. The molecule has 3 atom stereocenters. The topological polar surface area (TPSA) is 177 Å². The third-order valence-electron chi connectivity index (χ3n) is 7.89. The predicted molar refractivity (Wildman–Crippen MR) is 180 cm³/mol. The molecule has 0 unspecified atom stereocenters. The number of carbonyl (C=O) groups is 4. The van der Waals surface area contributed by atoms with Crippen LogP contribution in [0.15, 0.2) is 47.4 Å². The van der Waals surface area contributed by atoms with E-state index >= 15 is 0 Å². The maximum absolute atomic E-state index is 13.5. The average Bonchev–Trinajstić information content (AvgIpc) is 3.87. The first-order valence-electron chi connectivity index (χ1n) is 16.0. The van der Waals surface area contributed by atoms with Gasteiger partial charge in [-0.2, -0.15) is 0 Å². The van der Waals surface area contributed by atoms with Crippen molar-refractivity contribution >= 4 is 46.3 Å². The van der Waals surface area contributed by atoms with Crippen LogP contribution >= 0.6 is 22.7 Å². The summed E-state index contributed by atoms with van der Waals surface area (Å²) in [5.41, 5.74) is 1.51. The Balaban J connectivity index is 1.40. The summed E-state index contributed by atoms with van der Waals surface area (Å²) >= 11 is 2.63. The highest BCUT2D eigenvalue weighted by molar-refractivity contribution is 7.10. The molecule has 16 heteroatoms. The molecule has 14 nitrogen and oxygen atoms in total. The molecule has 1 aliphatic rings. The number of rotatable bonds is 6. The molecule has 0 aliphatic carbocycles. The lowest BCUT2D eigenvalue weighted by molar-refractivity contribution is -0.135. The average molecular weight is 693 g/mol. The minimum absolute atomic E-state index is 0.164. The van der Waals surface area contributed by atoms with Crippen LogP contribution in [-0.4, -0.2) is 78.3 Å². The number of tetrazole rings is 1. The zero-order valence-corrected chi connectivity index (χ0v) is 28.8. The van der Waals surface area contributed by atoms with Crippen LogP contribution in [0, 0.1) is 5.92 Å². The Morgan fingerprint density at radius 3 is 2.29 bits per heavy atom. The number of thiazole rings is 2. The Morgan fingerprint density at radius 2 is 1.60 bits per heavy atom. The van der Waals surface area contributed by atoms with Gasteiger partial charge in [-0.15, -0.1) is 27.8 Å². The molecule has 0 saturated carbocycles. The van der Waals surface area contributed by atoms with Crippen molar-refractivity contribution in [3.8, 4) is 0 Å². The molecule has 0 saturated heterocycles. The molecular formula is C32H40N10O4S2. The van der Waals surface area contributed by atoms with Gasteiger partial charge in [0.2, 0.25) is 11.8 Å². The second-order valence-corrected chi connectivity index (χ2v) is 13.9. The van der Waals surface area contributed by atoms with Crippen molar-refractivity contribution in [2.45, 2.75) is 71.0 Å². The molecule has 0 radical (unpaired) electrons.